The topological polar surface area (TPSA) is 54.5 Å². The summed E-state index contributed by atoms with van der Waals surface area (Å²) in [7, 11) is -3.47. The van der Waals surface area contributed by atoms with Gasteiger partial charge in [0.2, 0.25) is 10.0 Å². The van der Waals surface area contributed by atoms with Crippen LogP contribution < -0.4 is 0 Å². The van der Waals surface area contributed by atoms with Crippen LogP contribution in [-0.4, -0.2) is 31.1 Å². The van der Waals surface area contributed by atoms with Crippen LogP contribution in [0.25, 0.3) is 0 Å². The summed E-state index contributed by atoms with van der Waals surface area (Å²) in [5.41, 5.74) is 0.452. The second kappa shape index (κ2) is 4.97. The molecular weight excluding hydrogens is 274 g/mol. The molecule has 1 aromatic carbocycles. The molecule has 1 heterocycles. The first-order valence-corrected chi connectivity index (χ1v) is 8.57. The summed E-state index contributed by atoms with van der Waals surface area (Å²) < 4.78 is 27.2. The predicted octanol–water partition coefficient (Wildman–Crippen LogP) is 2.45. The third kappa shape index (κ3) is 2.40. The van der Waals surface area contributed by atoms with Crippen molar-refractivity contribution in [3.63, 3.8) is 0 Å². The Morgan fingerprint density at radius 3 is 2.65 bits per heavy atom. The smallest absolute Gasteiger partial charge is 0.243 e. The minimum Gasteiger partial charge on any atom is -0.295 e. The maximum absolute atomic E-state index is 12.8. The van der Waals surface area contributed by atoms with Gasteiger partial charge in [0.1, 0.15) is 0 Å². The molecule has 1 aromatic rings. The molecule has 1 saturated heterocycles. The number of hydrogen-bond donors (Lipinski definition) is 0. The standard InChI is InChI=1S/C15H19NO3S/c1-11(17)13-4-2-5-14(10-13)20(18,19)16-9-3-6-15(16)12-7-8-12/h2,4-5,10,12,15H,3,6-9H2,1H3. The summed E-state index contributed by atoms with van der Waals surface area (Å²) in [4.78, 5) is 11.7. The monoisotopic (exact) mass is 293 g/mol. The number of hydrogen-bond acceptors (Lipinski definition) is 3. The quantitative estimate of drug-likeness (QED) is 0.801. The molecule has 4 nitrogen and oxygen atoms in total. The zero-order chi connectivity index (χ0) is 14.3. The predicted molar refractivity (Wildman–Crippen MR) is 76.1 cm³/mol. The molecule has 1 atom stereocenters. The van der Waals surface area contributed by atoms with Crippen LogP contribution in [0, 0.1) is 5.92 Å². The fourth-order valence-corrected chi connectivity index (χ4v) is 4.83. The van der Waals surface area contributed by atoms with Crippen molar-refractivity contribution in [1.29, 1.82) is 0 Å². The average molecular weight is 293 g/mol. The number of carbonyl (C=O) groups excluding carboxylic acids is 1. The first-order valence-electron chi connectivity index (χ1n) is 7.13. The number of Topliss-reactive ketones (excluding diaryl/α,β-unsaturated/α-hetero) is 1. The molecule has 3 rings (SSSR count). The van der Waals surface area contributed by atoms with Crippen LogP contribution in [0.15, 0.2) is 29.2 Å². The molecule has 0 aromatic heterocycles. The summed E-state index contributed by atoms with van der Waals surface area (Å²) in [5, 5.41) is 0. The number of ketones is 1. The summed E-state index contributed by atoms with van der Waals surface area (Å²) in [6.45, 7) is 2.06. The fraction of sp³-hybridized carbons (Fsp3) is 0.533. The molecule has 2 fully saturated rings. The highest BCUT2D eigenvalue weighted by molar-refractivity contribution is 7.89. The maximum Gasteiger partial charge on any atom is 0.243 e. The zero-order valence-electron chi connectivity index (χ0n) is 11.6. The lowest BCUT2D eigenvalue weighted by Gasteiger charge is -2.24. The maximum atomic E-state index is 12.8. The lowest BCUT2D eigenvalue weighted by Crippen LogP contribution is -2.36. The third-order valence-corrected chi connectivity index (χ3v) is 6.18. The van der Waals surface area contributed by atoms with Crippen LogP contribution in [0.1, 0.15) is 43.0 Å². The molecule has 1 unspecified atom stereocenters. The lowest BCUT2D eigenvalue weighted by molar-refractivity contribution is 0.101. The van der Waals surface area contributed by atoms with E-state index in [9.17, 15) is 13.2 Å². The van der Waals surface area contributed by atoms with Crippen molar-refractivity contribution in [3.05, 3.63) is 29.8 Å². The van der Waals surface area contributed by atoms with E-state index < -0.39 is 10.0 Å². The number of rotatable bonds is 4. The molecule has 1 saturated carbocycles. The van der Waals surface area contributed by atoms with Crippen molar-refractivity contribution >= 4 is 15.8 Å². The molecule has 0 bridgehead atoms. The highest BCUT2D eigenvalue weighted by Crippen LogP contribution is 2.42. The molecule has 1 aliphatic heterocycles. The minimum absolute atomic E-state index is 0.109. The molecule has 20 heavy (non-hydrogen) atoms. The van der Waals surface area contributed by atoms with Crippen LogP contribution in [0.5, 0.6) is 0 Å². The van der Waals surface area contributed by atoms with Gasteiger partial charge in [0.15, 0.2) is 5.78 Å². The number of nitrogens with zero attached hydrogens (tertiary/aromatic N) is 1. The summed E-state index contributed by atoms with van der Waals surface area (Å²) in [6.07, 6.45) is 4.19. The Hall–Kier alpha value is -1.20. The summed E-state index contributed by atoms with van der Waals surface area (Å²) in [6, 6.07) is 6.56. The van der Waals surface area contributed by atoms with Crippen molar-refractivity contribution in [2.24, 2.45) is 5.92 Å². The number of sulfonamides is 1. The van der Waals surface area contributed by atoms with Gasteiger partial charge < -0.3 is 0 Å². The molecule has 0 amide bonds. The van der Waals surface area contributed by atoms with Crippen LogP contribution >= 0.6 is 0 Å². The van der Waals surface area contributed by atoms with Gasteiger partial charge in [-0.05, 0) is 50.7 Å². The molecule has 0 N–H and O–H groups in total. The van der Waals surface area contributed by atoms with Gasteiger partial charge in [0.25, 0.3) is 0 Å². The molecule has 2 aliphatic rings. The van der Waals surface area contributed by atoms with Crippen LogP contribution in [0.3, 0.4) is 0 Å². The molecule has 0 radical (unpaired) electrons. The van der Waals surface area contributed by atoms with Gasteiger partial charge in [0.05, 0.1) is 4.90 Å². The Kier molecular flexibility index (Phi) is 3.42. The van der Waals surface area contributed by atoms with Gasteiger partial charge in [-0.3, -0.25) is 4.79 Å². The second-order valence-electron chi connectivity index (χ2n) is 5.75. The Labute approximate surface area is 119 Å². The lowest BCUT2D eigenvalue weighted by atomic mass is 10.1. The van der Waals surface area contributed by atoms with Crippen LogP contribution in [-0.2, 0) is 10.0 Å². The average Bonchev–Trinajstić information content (AvgIpc) is 3.15. The Morgan fingerprint density at radius 1 is 1.25 bits per heavy atom. The first-order chi connectivity index (χ1) is 9.50. The van der Waals surface area contributed by atoms with E-state index in [4.69, 9.17) is 0 Å². The van der Waals surface area contributed by atoms with Gasteiger partial charge in [-0.1, -0.05) is 12.1 Å². The normalized spacial score (nSPS) is 23.9. The van der Waals surface area contributed by atoms with E-state index in [-0.39, 0.29) is 16.7 Å². The van der Waals surface area contributed by atoms with E-state index >= 15 is 0 Å². The zero-order valence-corrected chi connectivity index (χ0v) is 12.4. The second-order valence-corrected chi connectivity index (χ2v) is 7.64. The van der Waals surface area contributed by atoms with Gasteiger partial charge in [-0.15, -0.1) is 0 Å². The van der Waals surface area contributed by atoms with Gasteiger partial charge >= 0.3 is 0 Å². The van der Waals surface area contributed by atoms with E-state index in [1.165, 1.54) is 13.0 Å². The molecule has 5 heteroatoms. The van der Waals surface area contributed by atoms with Crippen molar-refractivity contribution in [2.75, 3.05) is 6.54 Å². The van der Waals surface area contributed by atoms with Crippen molar-refractivity contribution < 1.29 is 13.2 Å². The van der Waals surface area contributed by atoms with Crippen molar-refractivity contribution in [3.8, 4) is 0 Å². The third-order valence-electron chi connectivity index (χ3n) is 4.26. The first kappa shape index (κ1) is 13.8. The summed E-state index contributed by atoms with van der Waals surface area (Å²) in [5.74, 6) is 0.436. The Bertz CT molecular complexity index is 634. The van der Waals surface area contributed by atoms with Gasteiger partial charge in [-0.25, -0.2) is 8.42 Å². The fourth-order valence-electron chi connectivity index (χ4n) is 3.03. The Morgan fingerprint density at radius 2 is 2.00 bits per heavy atom. The Balaban J connectivity index is 1.94. The molecular formula is C15H19NO3S. The van der Waals surface area contributed by atoms with Crippen LogP contribution in [0.4, 0.5) is 0 Å². The van der Waals surface area contributed by atoms with E-state index in [0.29, 0.717) is 18.0 Å². The summed E-state index contributed by atoms with van der Waals surface area (Å²) >= 11 is 0. The van der Waals surface area contributed by atoms with E-state index in [1.807, 2.05) is 0 Å². The van der Waals surface area contributed by atoms with Crippen LogP contribution in [0.2, 0.25) is 0 Å². The molecule has 1 aliphatic carbocycles. The number of carbonyl (C=O) groups is 1. The van der Waals surface area contributed by atoms with Gasteiger partial charge in [-0.2, -0.15) is 4.31 Å². The van der Waals surface area contributed by atoms with Crippen molar-refractivity contribution in [1.82, 2.24) is 4.31 Å². The largest absolute Gasteiger partial charge is 0.295 e. The highest BCUT2D eigenvalue weighted by atomic mass is 32.2. The minimum atomic E-state index is -3.47. The highest BCUT2D eigenvalue weighted by Gasteiger charge is 2.43. The van der Waals surface area contributed by atoms with E-state index in [2.05, 4.69) is 0 Å². The van der Waals surface area contributed by atoms with E-state index in [1.54, 1.807) is 22.5 Å². The molecule has 108 valence electrons. The van der Waals surface area contributed by atoms with E-state index in [0.717, 1.165) is 25.7 Å². The van der Waals surface area contributed by atoms with Crippen molar-refractivity contribution in [2.45, 2.75) is 43.5 Å². The van der Waals surface area contributed by atoms with Gasteiger partial charge in [0, 0.05) is 18.2 Å². The molecule has 0 spiro atoms. The SMILES string of the molecule is CC(=O)c1cccc(S(=O)(=O)N2CCCC2C2CC2)c1. The number of benzene rings is 1.